The molecule has 0 aliphatic rings. The smallest absolute Gasteiger partial charge is 0.191 e. The molecule has 5 heteroatoms. The topological polar surface area (TPSA) is 45.7 Å². The summed E-state index contributed by atoms with van der Waals surface area (Å²) in [7, 11) is 3.52. The van der Waals surface area contributed by atoms with Crippen LogP contribution in [0.15, 0.2) is 29.3 Å². The number of methoxy groups -OCH3 is 1. The van der Waals surface area contributed by atoms with E-state index in [0.717, 1.165) is 43.6 Å². The number of benzene rings is 1. The minimum atomic E-state index is 0.774. The van der Waals surface area contributed by atoms with Gasteiger partial charge in [0.1, 0.15) is 0 Å². The largest absolute Gasteiger partial charge is 0.385 e. The van der Waals surface area contributed by atoms with Gasteiger partial charge >= 0.3 is 0 Å². The number of nitrogens with zero attached hydrogens (tertiary/aromatic N) is 1. The highest BCUT2D eigenvalue weighted by molar-refractivity contribution is 7.98. The lowest BCUT2D eigenvalue weighted by Crippen LogP contribution is -2.39. The zero-order valence-corrected chi connectivity index (χ0v) is 14.1. The number of rotatable bonds is 9. The molecule has 0 fully saturated rings. The molecular weight excluding hydrogens is 282 g/mol. The first kappa shape index (κ1) is 17.9. The standard InChI is InChI=1S/C16H27N3OS/c1-14-5-7-15(8-6-14)13-21-12-10-19-16(17-2)18-9-4-11-20-3/h5-8H,4,9-13H2,1-3H3,(H2,17,18,19). The van der Waals surface area contributed by atoms with E-state index in [0.29, 0.717) is 0 Å². The molecule has 0 aliphatic heterocycles. The number of ether oxygens (including phenoxy) is 1. The zero-order valence-electron chi connectivity index (χ0n) is 13.3. The summed E-state index contributed by atoms with van der Waals surface area (Å²) in [5.41, 5.74) is 2.70. The summed E-state index contributed by atoms with van der Waals surface area (Å²) >= 11 is 1.93. The van der Waals surface area contributed by atoms with Gasteiger partial charge in [-0.25, -0.2) is 0 Å². The predicted molar refractivity (Wildman–Crippen MR) is 93.2 cm³/mol. The second-order valence-electron chi connectivity index (χ2n) is 4.81. The lowest BCUT2D eigenvalue weighted by Gasteiger charge is -2.11. The van der Waals surface area contributed by atoms with E-state index in [2.05, 4.69) is 46.8 Å². The monoisotopic (exact) mass is 309 g/mol. The van der Waals surface area contributed by atoms with Crippen LogP contribution >= 0.6 is 11.8 Å². The van der Waals surface area contributed by atoms with E-state index in [-0.39, 0.29) is 0 Å². The van der Waals surface area contributed by atoms with Crippen molar-refractivity contribution in [2.75, 3.05) is 39.6 Å². The Balaban J connectivity index is 2.07. The van der Waals surface area contributed by atoms with Crippen molar-refractivity contribution < 1.29 is 4.74 Å². The minimum Gasteiger partial charge on any atom is -0.385 e. The SMILES string of the molecule is CN=C(NCCCOC)NCCSCc1ccc(C)cc1. The maximum atomic E-state index is 5.02. The van der Waals surface area contributed by atoms with Crippen molar-refractivity contribution in [3.05, 3.63) is 35.4 Å². The fraction of sp³-hybridized carbons (Fsp3) is 0.562. The van der Waals surface area contributed by atoms with Crippen LogP contribution < -0.4 is 10.6 Å². The maximum absolute atomic E-state index is 5.02. The van der Waals surface area contributed by atoms with E-state index in [1.54, 1.807) is 14.2 Å². The lowest BCUT2D eigenvalue weighted by atomic mass is 10.2. The molecule has 0 heterocycles. The van der Waals surface area contributed by atoms with Crippen LogP contribution in [0.25, 0.3) is 0 Å². The van der Waals surface area contributed by atoms with Crippen molar-refractivity contribution >= 4 is 17.7 Å². The van der Waals surface area contributed by atoms with Crippen LogP contribution in [0.2, 0.25) is 0 Å². The van der Waals surface area contributed by atoms with Gasteiger partial charge in [-0.2, -0.15) is 11.8 Å². The summed E-state index contributed by atoms with van der Waals surface area (Å²) in [6, 6.07) is 8.73. The molecule has 0 spiro atoms. The highest BCUT2D eigenvalue weighted by Crippen LogP contribution is 2.12. The average molecular weight is 309 g/mol. The summed E-state index contributed by atoms with van der Waals surface area (Å²) in [5.74, 6) is 2.98. The molecule has 0 aromatic heterocycles. The molecule has 1 aromatic rings. The van der Waals surface area contributed by atoms with Crippen LogP contribution in [0.5, 0.6) is 0 Å². The van der Waals surface area contributed by atoms with E-state index >= 15 is 0 Å². The van der Waals surface area contributed by atoms with Crippen LogP contribution in [-0.4, -0.2) is 45.6 Å². The molecule has 0 saturated heterocycles. The highest BCUT2D eigenvalue weighted by Gasteiger charge is 1.97. The maximum Gasteiger partial charge on any atom is 0.191 e. The third kappa shape index (κ3) is 8.63. The molecule has 118 valence electrons. The fourth-order valence-electron chi connectivity index (χ4n) is 1.76. The van der Waals surface area contributed by atoms with Crippen LogP contribution in [0, 0.1) is 6.92 Å². The molecule has 21 heavy (non-hydrogen) atoms. The summed E-state index contributed by atoms with van der Waals surface area (Å²) in [6.07, 6.45) is 0.985. The van der Waals surface area contributed by atoms with E-state index < -0.39 is 0 Å². The fourth-order valence-corrected chi connectivity index (χ4v) is 2.58. The molecule has 4 nitrogen and oxygen atoms in total. The molecule has 0 amide bonds. The molecule has 1 aromatic carbocycles. The molecule has 2 N–H and O–H groups in total. The van der Waals surface area contributed by atoms with Crippen LogP contribution in [0.1, 0.15) is 17.5 Å². The Morgan fingerprint density at radius 1 is 1.19 bits per heavy atom. The van der Waals surface area contributed by atoms with Crippen molar-refractivity contribution in [2.45, 2.75) is 19.1 Å². The van der Waals surface area contributed by atoms with Crippen molar-refractivity contribution in [1.29, 1.82) is 0 Å². The summed E-state index contributed by atoms with van der Waals surface area (Å²) in [6.45, 7) is 4.69. The van der Waals surface area contributed by atoms with E-state index in [1.165, 1.54) is 11.1 Å². The van der Waals surface area contributed by atoms with E-state index in [1.807, 2.05) is 11.8 Å². The van der Waals surface area contributed by atoms with Crippen LogP contribution in [0.4, 0.5) is 0 Å². The predicted octanol–water partition coefficient (Wildman–Crippen LogP) is 2.43. The highest BCUT2D eigenvalue weighted by atomic mass is 32.2. The molecule has 1 rings (SSSR count). The lowest BCUT2D eigenvalue weighted by molar-refractivity contribution is 0.195. The Morgan fingerprint density at radius 3 is 2.57 bits per heavy atom. The molecule has 0 aliphatic carbocycles. The Kier molecular flexibility index (Phi) is 9.74. The number of hydrogen-bond acceptors (Lipinski definition) is 3. The molecule has 0 atom stereocenters. The Hall–Kier alpha value is -1.20. The summed E-state index contributed by atoms with van der Waals surface area (Å²) in [5, 5.41) is 6.59. The number of thioether (sulfide) groups is 1. The molecule has 0 unspecified atom stereocenters. The molecule has 0 radical (unpaired) electrons. The minimum absolute atomic E-state index is 0.774. The van der Waals surface area contributed by atoms with Crippen LogP contribution in [-0.2, 0) is 10.5 Å². The molecular formula is C16H27N3OS. The summed E-state index contributed by atoms with van der Waals surface area (Å²) < 4.78 is 5.02. The number of aliphatic imine (C=N–C) groups is 1. The Labute approximate surface area is 132 Å². The number of hydrogen-bond donors (Lipinski definition) is 2. The third-order valence-electron chi connectivity index (χ3n) is 2.97. The van der Waals surface area contributed by atoms with E-state index in [9.17, 15) is 0 Å². The van der Waals surface area contributed by atoms with Gasteiger partial charge in [0.05, 0.1) is 0 Å². The van der Waals surface area contributed by atoms with Gasteiger partial charge in [0.2, 0.25) is 0 Å². The normalized spacial score (nSPS) is 11.5. The van der Waals surface area contributed by atoms with Gasteiger partial charge in [0.15, 0.2) is 5.96 Å². The van der Waals surface area contributed by atoms with Gasteiger partial charge in [0, 0.05) is 45.4 Å². The van der Waals surface area contributed by atoms with Crippen molar-refractivity contribution in [2.24, 2.45) is 4.99 Å². The first-order valence-electron chi connectivity index (χ1n) is 7.33. The van der Waals surface area contributed by atoms with Crippen molar-refractivity contribution in [1.82, 2.24) is 10.6 Å². The van der Waals surface area contributed by atoms with Gasteiger partial charge < -0.3 is 15.4 Å². The van der Waals surface area contributed by atoms with Crippen molar-refractivity contribution in [3.8, 4) is 0 Å². The van der Waals surface area contributed by atoms with Crippen LogP contribution in [0.3, 0.4) is 0 Å². The first-order chi connectivity index (χ1) is 10.3. The number of aryl methyl sites for hydroxylation is 1. The summed E-state index contributed by atoms with van der Waals surface area (Å²) in [4.78, 5) is 4.20. The Bertz CT molecular complexity index is 406. The third-order valence-corrected chi connectivity index (χ3v) is 4.00. The van der Waals surface area contributed by atoms with E-state index in [4.69, 9.17) is 4.74 Å². The van der Waals surface area contributed by atoms with Crippen molar-refractivity contribution in [3.63, 3.8) is 0 Å². The van der Waals surface area contributed by atoms with Gasteiger partial charge in [-0.05, 0) is 18.9 Å². The first-order valence-corrected chi connectivity index (χ1v) is 8.48. The Morgan fingerprint density at radius 2 is 1.90 bits per heavy atom. The van der Waals surface area contributed by atoms with Gasteiger partial charge in [0.25, 0.3) is 0 Å². The molecule has 0 saturated carbocycles. The van der Waals surface area contributed by atoms with Gasteiger partial charge in [-0.1, -0.05) is 29.8 Å². The number of nitrogens with one attached hydrogen (secondary N) is 2. The average Bonchev–Trinajstić information content (AvgIpc) is 2.51. The zero-order chi connectivity index (χ0) is 15.3. The second-order valence-corrected chi connectivity index (χ2v) is 5.92. The number of guanidine groups is 1. The van der Waals surface area contributed by atoms with Gasteiger partial charge in [-0.15, -0.1) is 0 Å². The quantitative estimate of drug-likeness (QED) is 0.418. The second kappa shape index (κ2) is 11.5. The van der Waals surface area contributed by atoms with Gasteiger partial charge in [-0.3, -0.25) is 4.99 Å². The molecule has 0 bridgehead atoms.